The molecule has 0 spiro atoms. The first-order valence-electron chi connectivity index (χ1n) is 10.4. The zero-order valence-corrected chi connectivity index (χ0v) is 17.2. The highest BCUT2D eigenvalue weighted by atomic mass is 32.2. The number of ketones is 1. The molecular weight excluding hydrogens is 354 g/mol. The van der Waals surface area contributed by atoms with Gasteiger partial charge in [-0.05, 0) is 80.3 Å². The predicted octanol–water partition coefficient (Wildman–Crippen LogP) is 5.08. The molecule has 0 aromatic rings. The van der Waals surface area contributed by atoms with Crippen LogP contribution in [0.2, 0.25) is 0 Å². The van der Waals surface area contributed by atoms with Crippen LogP contribution in [-0.4, -0.2) is 16.7 Å². The Hall–Kier alpha value is -1.34. The van der Waals surface area contributed by atoms with E-state index >= 15 is 0 Å². The predicted molar refractivity (Wildman–Crippen MR) is 108 cm³/mol. The lowest BCUT2D eigenvalue weighted by Crippen LogP contribution is -2.51. The third kappa shape index (κ3) is 2.77. The van der Waals surface area contributed by atoms with E-state index in [1.54, 1.807) is 6.08 Å². The molecule has 4 aliphatic rings. The van der Waals surface area contributed by atoms with Crippen molar-refractivity contribution in [1.82, 2.24) is 0 Å². The summed E-state index contributed by atoms with van der Waals surface area (Å²) >= 11 is 1.23. The average molecular weight is 384 g/mol. The van der Waals surface area contributed by atoms with Crippen LogP contribution < -0.4 is 0 Å². The molecule has 0 aliphatic heterocycles. The second-order valence-corrected chi connectivity index (χ2v) is 10.1. The number of rotatable bonds is 3. The summed E-state index contributed by atoms with van der Waals surface area (Å²) in [5, 5.41) is 9.12. The fourth-order valence-corrected chi connectivity index (χ4v) is 8.01. The first-order chi connectivity index (χ1) is 13.0. The highest BCUT2D eigenvalue weighted by Gasteiger charge is 2.60. The lowest BCUT2D eigenvalue weighted by Gasteiger charge is -2.57. The molecule has 27 heavy (non-hydrogen) atoms. The molecular formula is C23H29NO2S. The van der Waals surface area contributed by atoms with Gasteiger partial charge in [0, 0.05) is 11.3 Å². The summed E-state index contributed by atoms with van der Waals surface area (Å²) in [6.45, 7) is 4.60. The zero-order chi connectivity index (χ0) is 19.2. The van der Waals surface area contributed by atoms with E-state index in [9.17, 15) is 9.59 Å². The van der Waals surface area contributed by atoms with Gasteiger partial charge in [0.15, 0.2) is 10.9 Å². The summed E-state index contributed by atoms with van der Waals surface area (Å²) in [5.41, 5.74) is 1.48. The Morgan fingerprint density at radius 2 is 2.11 bits per heavy atom. The topological polar surface area (TPSA) is 57.9 Å². The van der Waals surface area contributed by atoms with E-state index in [1.807, 2.05) is 6.08 Å². The number of hydrogen-bond acceptors (Lipinski definition) is 4. The minimum Gasteiger partial charge on any atom is -0.290 e. The van der Waals surface area contributed by atoms with Gasteiger partial charge in [-0.25, -0.2) is 0 Å². The lowest BCUT2D eigenvalue weighted by atomic mass is 9.47. The summed E-state index contributed by atoms with van der Waals surface area (Å²) in [6, 6.07) is 2.11. The number of thioether (sulfide) groups is 1. The number of carbonyl (C=O) groups excluding carboxylic acids is 2. The van der Waals surface area contributed by atoms with E-state index in [4.69, 9.17) is 5.26 Å². The Kier molecular flexibility index (Phi) is 4.87. The average Bonchev–Trinajstić information content (AvgIpc) is 3.07. The molecule has 0 heterocycles. The molecule has 3 saturated carbocycles. The lowest BCUT2D eigenvalue weighted by molar-refractivity contribution is -0.122. The van der Waals surface area contributed by atoms with Crippen LogP contribution in [-0.2, 0) is 9.59 Å². The van der Waals surface area contributed by atoms with Gasteiger partial charge in [-0.1, -0.05) is 37.3 Å². The number of hydrogen-bond donors (Lipinski definition) is 0. The van der Waals surface area contributed by atoms with Crippen molar-refractivity contribution in [3.05, 3.63) is 23.8 Å². The normalized spacial score (nSPS) is 42.6. The SMILES string of the molecule is CC[C@]12CC[C@H]3[C@@H](CCC4=CC(=O)C=C[C@@]43C)[C@@H]1CC[C@@H]2C(=O)SCC#N. The standard InChI is InChI=1S/C23H29NO2S/c1-3-23-11-9-18-17(5-4-15-14-16(25)8-10-22(15,18)2)19(23)6-7-20(23)21(26)27-13-12-24/h8,10,14,17-20H,3-7,9,11,13H2,1-2H3/t17-,18+,19+,20-,22+,23+/m1/s1. The third-order valence-electron chi connectivity index (χ3n) is 8.49. The minimum atomic E-state index is 0.0222. The maximum absolute atomic E-state index is 12.9. The van der Waals surface area contributed by atoms with Crippen LogP contribution in [0.25, 0.3) is 0 Å². The van der Waals surface area contributed by atoms with E-state index in [0.29, 0.717) is 17.8 Å². The van der Waals surface area contributed by atoms with Crippen LogP contribution in [0.5, 0.6) is 0 Å². The number of carbonyl (C=O) groups is 2. The first kappa shape index (κ1) is 19.0. The fourth-order valence-electron chi connectivity index (χ4n) is 7.25. The van der Waals surface area contributed by atoms with Crippen molar-refractivity contribution in [2.75, 3.05) is 5.75 Å². The van der Waals surface area contributed by atoms with Crippen LogP contribution >= 0.6 is 11.8 Å². The van der Waals surface area contributed by atoms with Gasteiger partial charge in [-0.15, -0.1) is 0 Å². The molecule has 0 aromatic carbocycles. The Labute approximate surface area is 166 Å². The monoisotopic (exact) mass is 383 g/mol. The van der Waals surface area contributed by atoms with Crippen molar-refractivity contribution in [1.29, 1.82) is 5.26 Å². The highest BCUT2D eigenvalue weighted by Crippen LogP contribution is 2.67. The number of fused-ring (bicyclic) bond motifs is 5. The van der Waals surface area contributed by atoms with E-state index in [2.05, 4.69) is 26.0 Å². The maximum atomic E-state index is 12.9. The molecule has 0 radical (unpaired) electrons. The van der Waals surface area contributed by atoms with Gasteiger partial charge in [0.1, 0.15) is 0 Å². The summed E-state index contributed by atoms with van der Waals surface area (Å²) in [7, 11) is 0. The van der Waals surface area contributed by atoms with Crippen LogP contribution in [0.4, 0.5) is 0 Å². The van der Waals surface area contributed by atoms with Gasteiger partial charge in [0.05, 0.1) is 11.8 Å². The van der Waals surface area contributed by atoms with E-state index in [-0.39, 0.29) is 33.4 Å². The summed E-state index contributed by atoms with van der Waals surface area (Å²) in [6.07, 6.45) is 13.5. The molecule has 4 heteroatoms. The number of nitriles is 1. The smallest absolute Gasteiger partial charge is 0.193 e. The molecule has 0 bridgehead atoms. The van der Waals surface area contributed by atoms with Crippen LogP contribution in [0.15, 0.2) is 23.8 Å². The number of allylic oxidation sites excluding steroid dienone is 4. The van der Waals surface area contributed by atoms with Crippen molar-refractivity contribution in [3.8, 4) is 6.07 Å². The van der Waals surface area contributed by atoms with Gasteiger partial charge in [-0.3, -0.25) is 9.59 Å². The van der Waals surface area contributed by atoms with Crippen molar-refractivity contribution in [2.24, 2.45) is 34.5 Å². The Balaban J connectivity index is 1.63. The van der Waals surface area contributed by atoms with E-state index < -0.39 is 0 Å². The molecule has 0 unspecified atom stereocenters. The van der Waals surface area contributed by atoms with Crippen molar-refractivity contribution in [3.63, 3.8) is 0 Å². The summed E-state index contributed by atoms with van der Waals surface area (Å²) in [4.78, 5) is 24.7. The molecule has 6 atom stereocenters. The van der Waals surface area contributed by atoms with E-state index in [1.165, 1.54) is 17.3 Å². The van der Waals surface area contributed by atoms with Crippen molar-refractivity contribution < 1.29 is 9.59 Å². The van der Waals surface area contributed by atoms with Gasteiger partial charge in [0.25, 0.3) is 0 Å². The van der Waals surface area contributed by atoms with Crippen molar-refractivity contribution >= 4 is 22.7 Å². The zero-order valence-electron chi connectivity index (χ0n) is 16.4. The molecule has 0 N–H and O–H groups in total. The molecule has 0 saturated heterocycles. The molecule has 4 rings (SSSR count). The molecule has 4 aliphatic carbocycles. The van der Waals surface area contributed by atoms with Gasteiger partial charge in [-0.2, -0.15) is 5.26 Å². The fraction of sp³-hybridized carbons (Fsp3) is 0.696. The largest absolute Gasteiger partial charge is 0.290 e. The molecule has 144 valence electrons. The molecule has 3 nitrogen and oxygen atoms in total. The first-order valence-corrected chi connectivity index (χ1v) is 11.4. The quantitative estimate of drug-likeness (QED) is 0.681. The van der Waals surface area contributed by atoms with Crippen LogP contribution in [0.1, 0.15) is 58.8 Å². The van der Waals surface area contributed by atoms with Gasteiger partial charge in [0.2, 0.25) is 0 Å². The summed E-state index contributed by atoms with van der Waals surface area (Å²) in [5.74, 6) is 2.39. The second kappa shape index (κ2) is 6.92. The molecule has 3 fully saturated rings. The Morgan fingerprint density at radius 3 is 2.85 bits per heavy atom. The molecule has 0 aromatic heterocycles. The second-order valence-electron chi connectivity index (χ2n) is 9.12. The maximum Gasteiger partial charge on any atom is 0.193 e. The minimum absolute atomic E-state index is 0.0222. The Morgan fingerprint density at radius 1 is 1.30 bits per heavy atom. The third-order valence-corrected chi connectivity index (χ3v) is 9.34. The Bertz CT molecular complexity index is 763. The molecule has 0 amide bonds. The van der Waals surface area contributed by atoms with E-state index in [0.717, 1.165) is 44.9 Å². The van der Waals surface area contributed by atoms with Crippen LogP contribution in [0, 0.1) is 45.8 Å². The van der Waals surface area contributed by atoms with Gasteiger partial charge >= 0.3 is 0 Å². The summed E-state index contributed by atoms with van der Waals surface area (Å²) < 4.78 is 0. The van der Waals surface area contributed by atoms with Crippen LogP contribution in [0.3, 0.4) is 0 Å². The number of nitrogens with zero attached hydrogens (tertiary/aromatic N) is 1. The van der Waals surface area contributed by atoms with Crippen molar-refractivity contribution in [2.45, 2.75) is 58.8 Å². The highest BCUT2D eigenvalue weighted by molar-refractivity contribution is 8.13. The van der Waals surface area contributed by atoms with Gasteiger partial charge < -0.3 is 0 Å².